The van der Waals surface area contributed by atoms with Crippen LogP contribution in [0.1, 0.15) is 10.4 Å². The summed E-state index contributed by atoms with van der Waals surface area (Å²) in [7, 11) is -0.188. The number of carbonyl (C=O) groups excluding carboxylic acids is 2. The molecule has 0 bridgehead atoms. The molecule has 138 valence electrons. The Hall–Kier alpha value is -2.13. The number of likely N-dealkylation sites (N-methyl/N-ethyl adjacent to an activating group) is 1. The number of sulfone groups is 1. The molecule has 9 heteroatoms. The number of ether oxygens (including phenoxy) is 1. The smallest absolute Gasteiger partial charge is 0.251 e. The molecule has 1 heterocycles. The number of amides is 2. The van der Waals surface area contributed by atoms with Crippen LogP contribution in [-0.2, 0) is 14.6 Å². The topological polar surface area (TPSA) is 96.0 Å². The third kappa shape index (κ3) is 4.93. The Bertz CT molecular complexity index is 755. The standard InChI is InChI=1S/C16H23N3O5S/c1-18-6-8-19(9-7-18)15(20)11-17-16(21)12-4-5-13(24-2)14(10-12)25(3,22)23/h4-5,10H,6-9,11H2,1-3H3,(H,17,21). The normalized spacial score (nSPS) is 15.7. The van der Waals surface area contributed by atoms with Crippen LogP contribution >= 0.6 is 0 Å². The summed E-state index contributed by atoms with van der Waals surface area (Å²) in [6.45, 7) is 2.74. The lowest BCUT2D eigenvalue weighted by Crippen LogP contribution is -2.50. The molecule has 0 aliphatic carbocycles. The van der Waals surface area contributed by atoms with Crippen LogP contribution < -0.4 is 10.1 Å². The third-order valence-electron chi connectivity index (χ3n) is 4.08. The van der Waals surface area contributed by atoms with Gasteiger partial charge in [0.1, 0.15) is 10.6 Å². The maximum Gasteiger partial charge on any atom is 0.251 e. The van der Waals surface area contributed by atoms with Crippen molar-refractivity contribution in [3.8, 4) is 5.75 Å². The number of rotatable bonds is 5. The van der Waals surface area contributed by atoms with E-state index in [4.69, 9.17) is 4.74 Å². The zero-order valence-electron chi connectivity index (χ0n) is 14.6. The van der Waals surface area contributed by atoms with Crippen molar-refractivity contribution in [1.82, 2.24) is 15.1 Å². The van der Waals surface area contributed by atoms with E-state index in [9.17, 15) is 18.0 Å². The van der Waals surface area contributed by atoms with E-state index in [0.717, 1.165) is 19.3 Å². The summed E-state index contributed by atoms with van der Waals surface area (Å²) in [6, 6.07) is 4.14. The van der Waals surface area contributed by atoms with Gasteiger partial charge in [-0.3, -0.25) is 9.59 Å². The van der Waals surface area contributed by atoms with Crippen LogP contribution in [0.3, 0.4) is 0 Å². The molecule has 1 aliphatic rings. The molecule has 1 saturated heterocycles. The van der Waals surface area contributed by atoms with Gasteiger partial charge in [0.15, 0.2) is 9.84 Å². The van der Waals surface area contributed by atoms with Crippen molar-refractivity contribution in [2.24, 2.45) is 0 Å². The minimum atomic E-state index is -3.54. The second kappa shape index (κ2) is 7.83. The SMILES string of the molecule is COc1ccc(C(=O)NCC(=O)N2CCN(C)CC2)cc1S(C)(=O)=O. The Morgan fingerprint density at radius 2 is 1.84 bits per heavy atom. The summed E-state index contributed by atoms with van der Waals surface area (Å²) in [5.74, 6) is -0.485. The molecule has 1 aromatic rings. The lowest BCUT2D eigenvalue weighted by molar-refractivity contribution is -0.131. The molecule has 25 heavy (non-hydrogen) atoms. The summed E-state index contributed by atoms with van der Waals surface area (Å²) >= 11 is 0. The molecule has 8 nitrogen and oxygen atoms in total. The van der Waals surface area contributed by atoms with Gasteiger partial charge in [-0.2, -0.15) is 0 Å². The van der Waals surface area contributed by atoms with Crippen molar-refractivity contribution in [3.63, 3.8) is 0 Å². The second-order valence-corrected chi connectivity index (χ2v) is 7.99. The molecular formula is C16H23N3O5S. The maximum atomic E-state index is 12.2. The average molecular weight is 369 g/mol. The van der Waals surface area contributed by atoms with Gasteiger partial charge in [-0.1, -0.05) is 0 Å². The molecule has 0 atom stereocenters. The van der Waals surface area contributed by atoms with Crippen molar-refractivity contribution >= 4 is 21.7 Å². The molecule has 0 aromatic heterocycles. The van der Waals surface area contributed by atoms with Gasteiger partial charge in [-0.15, -0.1) is 0 Å². The van der Waals surface area contributed by atoms with Crippen molar-refractivity contribution in [3.05, 3.63) is 23.8 Å². The van der Waals surface area contributed by atoms with E-state index >= 15 is 0 Å². The van der Waals surface area contributed by atoms with E-state index in [0.29, 0.717) is 13.1 Å². The van der Waals surface area contributed by atoms with Crippen LogP contribution in [0.2, 0.25) is 0 Å². The molecule has 1 aromatic carbocycles. The Morgan fingerprint density at radius 3 is 2.40 bits per heavy atom. The Balaban J connectivity index is 2.02. The van der Waals surface area contributed by atoms with Gasteiger partial charge in [0.05, 0.1) is 13.7 Å². The first-order valence-electron chi connectivity index (χ1n) is 7.85. The summed E-state index contributed by atoms with van der Waals surface area (Å²) in [5, 5.41) is 2.54. The van der Waals surface area contributed by atoms with E-state index in [-0.39, 0.29) is 28.7 Å². The largest absolute Gasteiger partial charge is 0.495 e. The number of nitrogens with one attached hydrogen (secondary N) is 1. The summed E-state index contributed by atoms with van der Waals surface area (Å²) < 4.78 is 28.6. The highest BCUT2D eigenvalue weighted by Gasteiger charge is 2.21. The molecule has 1 aliphatic heterocycles. The molecule has 0 unspecified atom stereocenters. The van der Waals surface area contributed by atoms with E-state index in [2.05, 4.69) is 10.2 Å². The zero-order chi connectivity index (χ0) is 18.6. The highest BCUT2D eigenvalue weighted by molar-refractivity contribution is 7.90. The van der Waals surface area contributed by atoms with Crippen LogP contribution in [-0.4, -0.2) is 83.2 Å². The third-order valence-corrected chi connectivity index (χ3v) is 5.20. The van der Waals surface area contributed by atoms with Crippen molar-refractivity contribution in [1.29, 1.82) is 0 Å². The van der Waals surface area contributed by atoms with Crippen molar-refractivity contribution in [2.45, 2.75) is 4.90 Å². The van der Waals surface area contributed by atoms with Crippen molar-refractivity contribution in [2.75, 3.05) is 53.1 Å². The zero-order valence-corrected chi connectivity index (χ0v) is 15.4. The minimum absolute atomic E-state index is 0.0620. The van der Waals surface area contributed by atoms with E-state index in [1.807, 2.05) is 7.05 Å². The van der Waals surface area contributed by atoms with Crippen LogP contribution in [0.15, 0.2) is 23.1 Å². The molecule has 2 rings (SSSR count). The first kappa shape index (κ1) is 19.2. The predicted molar refractivity (Wildman–Crippen MR) is 92.5 cm³/mol. The second-order valence-electron chi connectivity index (χ2n) is 6.00. The van der Waals surface area contributed by atoms with Crippen LogP contribution in [0, 0.1) is 0 Å². The number of piperazine rings is 1. The molecule has 1 N–H and O–H groups in total. The number of nitrogens with zero attached hydrogens (tertiary/aromatic N) is 2. The summed E-state index contributed by atoms with van der Waals surface area (Å²) in [4.78, 5) is 28.2. The van der Waals surface area contributed by atoms with Gasteiger partial charge in [0.25, 0.3) is 5.91 Å². The number of hydrogen-bond donors (Lipinski definition) is 1. The predicted octanol–water partition coefficient (Wildman–Crippen LogP) is -0.397. The highest BCUT2D eigenvalue weighted by Crippen LogP contribution is 2.24. The van der Waals surface area contributed by atoms with Crippen molar-refractivity contribution < 1.29 is 22.7 Å². The van der Waals surface area contributed by atoms with E-state index in [1.54, 1.807) is 4.90 Å². The molecule has 0 spiro atoms. The number of methoxy groups -OCH3 is 1. The van der Waals surface area contributed by atoms with Gasteiger partial charge in [0, 0.05) is 38.0 Å². The molecule has 0 radical (unpaired) electrons. The Morgan fingerprint density at radius 1 is 1.20 bits per heavy atom. The molecular weight excluding hydrogens is 346 g/mol. The number of carbonyl (C=O) groups is 2. The van der Waals surface area contributed by atoms with Crippen LogP contribution in [0.25, 0.3) is 0 Å². The summed E-state index contributed by atoms with van der Waals surface area (Å²) in [5.41, 5.74) is 0.160. The lowest BCUT2D eigenvalue weighted by Gasteiger charge is -2.32. The molecule has 1 fully saturated rings. The quantitative estimate of drug-likeness (QED) is 0.759. The monoisotopic (exact) mass is 369 g/mol. The number of hydrogen-bond acceptors (Lipinski definition) is 6. The van der Waals surface area contributed by atoms with Gasteiger partial charge in [-0.05, 0) is 25.2 Å². The van der Waals surface area contributed by atoms with Crippen LogP contribution in [0.4, 0.5) is 0 Å². The minimum Gasteiger partial charge on any atom is -0.495 e. The van der Waals surface area contributed by atoms with E-state index in [1.165, 1.54) is 25.3 Å². The van der Waals surface area contributed by atoms with Gasteiger partial charge >= 0.3 is 0 Å². The Labute approximate surface area is 147 Å². The number of benzene rings is 1. The van der Waals surface area contributed by atoms with E-state index < -0.39 is 15.7 Å². The molecule has 2 amide bonds. The fourth-order valence-corrected chi connectivity index (χ4v) is 3.39. The summed E-state index contributed by atoms with van der Waals surface area (Å²) in [6.07, 6.45) is 1.05. The highest BCUT2D eigenvalue weighted by atomic mass is 32.2. The first-order chi connectivity index (χ1) is 11.7. The van der Waals surface area contributed by atoms with Crippen LogP contribution in [0.5, 0.6) is 5.75 Å². The van der Waals surface area contributed by atoms with Gasteiger partial charge < -0.3 is 19.9 Å². The average Bonchev–Trinajstić information content (AvgIpc) is 2.58. The first-order valence-corrected chi connectivity index (χ1v) is 9.74. The fraction of sp³-hybridized carbons (Fsp3) is 0.500. The van der Waals surface area contributed by atoms with Gasteiger partial charge in [0.2, 0.25) is 5.91 Å². The lowest BCUT2D eigenvalue weighted by atomic mass is 10.2. The fourth-order valence-electron chi connectivity index (χ4n) is 2.53. The maximum absolute atomic E-state index is 12.2. The van der Waals surface area contributed by atoms with Gasteiger partial charge in [-0.25, -0.2) is 8.42 Å². The molecule has 0 saturated carbocycles. The Kier molecular flexibility index (Phi) is 6.02.